The highest BCUT2D eigenvalue weighted by Crippen LogP contribution is 2.24. The Morgan fingerprint density at radius 1 is 1.14 bits per heavy atom. The fourth-order valence-electron chi connectivity index (χ4n) is 2.78. The Morgan fingerprint density at radius 2 is 1.93 bits per heavy atom. The van der Waals surface area contributed by atoms with Gasteiger partial charge in [-0.3, -0.25) is 4.79 Å². The number of halogens is 1. The lowest BCUT2D eigenvalue weighted by atomic mass is 10.2. The van der Waals surface area contributed by atoms with Crippen molar-refractivity contribution in [2.75, 3.05) is 14.2 Å². The first-order chi connectivity index (χ1) is 13.4. The van der Waals surface area contributed by atoms with Crippen molar-refractivity contribution >= 4 is 17.5 Å². The molecule has 8 heteroatoms. The lowest BCUT2D eigenvalue weighted by molar-refractivity contribution is 0.0945. The molecule has 0 saturated heterocycles. The molecule has 2 aromatic carbocycles. The molecule has 0 aliphatic carbocycles. The Labute approximate surface area is 168 Å². The zero-order valence-electron chi connectivity index (χ0n) is 16.1. The fraction of sp³-hybridized carbons (Fsp3) is 0.250. The quantitative estimate of drug-likeness (QED) is 0.685. The van der Waals surface area contributed by atoms with Gasteiger partial charge < -0.3 is 14.8 Å². The number of hydrogen-bond acceptors (Lipinski definition) is 5. The highest BCUT2D eigenvalue weighted by molar-refractivity contribution is 6.31. The average molecular weight is 401 g/mol. The van der Waals surface area contributed by atoms with E-state index in [1.54, 1.807) is 44.0 Å². The van der Waals surface area contributed by atoms with Gasteiger partial charge in [-0.15, -0.1) is 5.10 Å². The van der Waals surface area contributed by atoms with Gasteiger partial charge in [-0.1, -0.05) is 22.9 Å². The number of carbonyl (C=O) groups is 1. The van der Waals surface area contributed by atoms with E-state index in [-0.39, 0.29) is 18.1 Å². The summed E-state index contributed by atoms with van der Waals surface area (Å²) in [4.78, 5) is 12.6. The number of amides is 1. The summed E-state index contributed by atoms with van der Waals surface area (Å²) in [5.74, 6) is 1.02. The van der Waals surface area contributed by atoms with Gasteiger partial charge in [-0.05, 0) is 49.7 Å². The van der Waals surface area contributed by atoms with Gasteiger partial charge in [0.25, 0.3) is 5.91 Å². The second kappa shape index (κ2) is 8.31. The molecule has 0 radical (unpaired) electrons. The van der Waals surface area contributed by atoms with E-state index < -0.39 is 0 Å². The molecule has 28 heavy (non-hydrogen) atoms. The van der Waals surface area contributed by atoms with Gasteiger partial charge in [0.15, 0.2) is 5.69 Å². The minimum Gasteiger partial charge on any atom is -0.497 e. The minimum absolute atomic E-state index is 0.249. The van der Waals surface area contributed by atoms with E-state index in [1.807, 2.05) is 25.1 Å². The monoisotopic (exact) mass is 400 g/mol. The van der Waals surface area contributed by atoms with Gasteiger partial charge in [-0.25, -0.2) is 4.68 Å². The summed E-state index contributed by atoms with van der Waals surface area (Å²) in [6.07, 6.45) is 0. The van der Waals surface area contributed by atoms with Crippen LogP contribution in [0.15, 0.2) is 36.4 Å². The van der Waals surface area contributed by atoms with Crippen LogP contribution in [0.25, 0.3) is 5.69 Å². The Kier molecular flexibility index (Phi) is 5.84. The van der Waals surface area contributed by atoms with Gasteiger partial charge in [0, 0.05) is 17.1 Å². The first-order valence-electron chi connectivity index (χ1n) is 8.62. The normalized spacial score (nSPS) is 10.6. The topological polar surface area (TPSA) is 78.3 Å². The first kappa shape index (κ1) is 19.7. The Hall–Kier alpha value is -3.06. The Bertz CT molecular complexity index is 1020. The van der Waals surface area contributed by atoms with E-state index in [9.17, 15) is 4.79 Å². The summed E-state index contributed by atoms with van der Waals surface area (Å²) in [7, 11) is 3.17. The molecule has 0 spiro atoms. The fourth-order valence-corrected chi connectivity index (χ4v) is 2.95. The largest absolute Gasteiger partial charge is 0.497 e. The van der Waals surface area contributed by atoms with Crippen LogP contribution in [0.5, 0.6) is 11.5 Å². The molecule has 0 aliphatic heterocycles. The molecule has 7 nitrogen and oxygen atoms in total. The van der Waals surface area contributed by atoms with E-state index in [0.717, 1.165) is 16.8 Å². The van der Waals surface area contributed by atoms with E-state index in [2.05, 4.69) is 15.6 Å². The Balaban J connectivity index is 1.79. The summed E-state index contributed by atoms with van der Waals surface area (Å²) in [6.45, 7) is 3.97. The zero-order valence-corrected chi connectivity index (χ0v) is 16.9. The summed E-state index contributed by atoms with van der Waals surface area (Å²) in [6, 6.07) is 11.0. The number of carbonyl (C=O) groups excluding carboxylic acids is 1. The molecule has 0 aliphatic rings. The van der Waals surface area contributed by atoms with Crippen LogP contribution in [0, 0.1) is 13.8 Å². The van der Waals surface area contributed by atoms with Crippen molar-refractivity contribution in [2.24, 2.45) is 0 Å². The number of hydrogen-bond donors (Lipinski definition) is 1. The van der Waals surface area contributed by atoms with Crippen molar-refractivity contribution < 1.29 is 14.3 Å². The summed E-state index contributed by atoms with van der Waals surface area (Å²) < 4.78 is 12.2. The third-order valence-electron chi connectivity index (χ3n) is 4.44. The highest BCUT2D eigenvalue weighted by atomic mass is 35.5. The minimum atomic E-state index is -0.327. The molecule has 146 valence electrons. The van der Waals surface area contributed by atoms with Crippen LogP contribution in [-0.4, -0.2) is 35.1 Å². The lowest BCUT2D eigenvalue weighted by Gasteiger charge is -2.11. The van der Waals surface area contributed by atoms with Crippen LogP contribution in [-0.2, 0) is 6.54 Å². The molecule has 1 amide bonds. The molecule has 0 bridgehead atoms. The van der Waals surface area contributed by atoms with Crippen LogP contribution in [0.1, 0.15) is 27.3 Å². The van der Waals surface area contributed by atoms with Crippen molar-refractivity contribution in [3.8, 4) is 17.2 Å². The van der Waals surface area contributed by atoms with E-state index in [1.165, 1.54) is 0 Å². The number of benzene rings is 2. The molecular formula is C20H21ClN4O3. The molecule has 1 aromatic heterocycles. The SMILES string of the molecule is COc1ccc(OC)c(CNC(=O)c2nnn(-c3ccc(C)c(Cl)c3)c2C)c1. The molecule has 1 heterocycles. The summed E-state index contributed by atoms with van der Waals surface area (Å²) in [5, 5.41) is 11.6. The first-order valence-corrected chi connectivity index (χ1v) is 9.00. The zero-order chi connectivity index (χ0) is 20.3. The third-order valence-corrected chi connectivity index (χ3v) is 4.84. The third kappa shape index (κ3) is 3.94. The van der Waals surface area contributed by atoms with Crippen molar-refractivity contribution in [2.45, 2.75) is 20.4 Å². The van der Waals surface area contributed by atoms with Gasteiger partial charge in [0.1, 0.15) is 11.5 Å². The number of aryl methyl sites for hydroxylation is 1. The average Bonchev–Trinajstić information content (AvgIpc) is 3.09. The molecule has 1 N–H and O–H groups in total. The second-order valence-corrected chi connectivity index (χ2v) is 6.64. The molecule has 0 fully saturated rings. The van der Waals surface area contributed by atoms with Gasteiger partial charge in [0.2, 0.25) is 0 Å². The van der Waals surface area contributed by atoms with Crippen LogP contribution in [0.2, 0.25) is 5.02 Å². The van der Waals surface area contributed by atoms with E-state index in [0.29, 0.717) is 22.2 Å². The molecule has 0 saturated carbocycles. The highest BCUT2D eigenvalue weighted by Gasteiger charge is 2.18. The molecule has 3 aromatic rings. The van der Waals surface area contributed by atoms with Crippen molar-refractivity contribution in [3.05, 3.63) is 63.9 Å². The van der Waals surface area contributed by atoms with Crippen molar-refractivity contribution in [3.63, 3.8) is 0 Å². The van der Waals surface area contributed by atoms with Gasteiger partial charge in [0.05, 0.1) is 25.6 Å². The number of aromatic nitrogens is 3. The molecule has 0 unspecified atom stereocenters. The maximum absolute atomic E-state index is 12.6. The Morgan fingerprint density at radius 3 is 2.61 bits per heavy atom. The van der Waals surface area contributed by atoms with Crippen molar-refractivity contribution in [1.82, 2.24) is 20.3 Å². The number of nitrogens with one attached hydrogen (secondary N) is 1. The molecular weight excluding hydrogens is 380 g/mol. The predicted molar refractivity (Wildman–Crippen MR) is 107 cm³/mol. The number of nitrogens with zero attached hydrogens (tertiary/aromatic N) is 3. The predicted octanol–water partition coefficient (Wildman–Crippen LogP) is 3.48. The van der Waals surface area contributed by atoms with Crippen LogP contribution >= 0.6 is 11.6 Å². The van der Waals surface area contributed by atoms with E-state index >= 15 is 0 Å². The molecule has 3 rings (SSSR count). The number of rotatable bonds is 6. The second-order valence-electron chi connectivity index (χ2n) is 6.23. The maximum atomic E-state index is 12.6. The van der Waals surface area contributed by atoms with E-state index in [4.69, 9.17) is 21.1 Å². The number of ether oxygens (including phenoxy) is 2. The van der Waals surface area contributed by atoms with Crippen LogP contribution in [0.4, 0.5) is 0 Å². The summed E-state index contributed by atoms with van der Waals surface area (Å²) >= 11 is 6.19. The van der Waals surface area contributed by atoms with Gasteiger partial charge in [-0.2, -0.15) is 0 Å². The van der Waals surface area contributed by atoms with Crippen LogP contribution in [0.3, 0.4) is 0 Å². The van der Waals surface area contributed by atoms with Gasteiger partial charge >= 0.3 is 0 Å². The lowest BCUT2D eigenvalue weighted by Crippen LogP contribution is -2.24. The summed E-state index contributed by atoms with van der Waals surface area (Å²) in [5.41, 5.74) is 3.38. The van der Waals surface area contributed by atoms with Crippen LogP contribution < -0.4 is 14.8 Å². The smallest absolute Gasteiger partial charge is 0.274 e. The number of methoxy groups -OCH3 is 2. The van der Waals surface area contributed by atoms with Crippen molar-refractivity contribution in [1.29, 1.82) is 0 Å². The molecule has 0 atom stereocenters. The maximum Gasteiger partial charge on any atom is 0.274 e. The standard InChI is InChI=1S/C20H21ClN4O3/c1-12-5-6-15(10-17(12)21)25-13(2)19(23-24-25)20(26)22-11-14-9-16(27-3)7-8-18(14)28-4/h5-10H,11H2,1-4H3,(H,22,26).